The zero-order valence-electron chi connectivity index (χ0n) is 2.63. The third-order valence-corrected chi connectivity index (χ3v) is 0. The van der Waals surface area contributed by atoms with E-state index >= 15 is 0 Å². The van der Waals surface area contributed by atoms with E-state index in [1.807, 2.05) is 0 Å². The van der Waals surface area contributed by atoms with E-state index in [4.69, 9.17) is 6.80 Å². The van der Waals surface area contributed by atoms with Crippen molar-refractivity contribution in [1.82, 2.24) is 0 Å². The molecule has 0 aliphatic rings. The maximum atomic E-state index is 8.54. The Labute approximate surface area is 57.3 Å². The summed E-state index contributed by atoms with van der Waals surface area (Å²) in [4.78, 5) is 0. The molecule has 6 heavy (non-hydrogen) atoms. The topological polar surface area (TPSA) is 97.1 Å². The fourth-order valence-electron chi connectivity index (χ4n) is 0. The Balaban J connectivity index is -0.00000000667. The molecule has 0 radical (unpaired) electrons. The summed E-state index contributed by atoms with van der Waals surface area (Å²) in [6, 6.07) is 0. The van der Waals surface area contributed by atoms with Crippen molar-refractivity contribution < 1.29 is 57.3 Å². The Morgan fingerprint density at radius 2 is 1.00 bits per heavy atom. The quantitative estimate of drug-likeness (QED) is 0.444. The van der Waals surface area contributed by atoms with Crippen molar-refractivity contribution in [2.24, 2.45) is 0 Å². The van der Waals surface area contributed by atoms with Crippen molar-refractivity contribution in [3.63, 3.8) is 0 Å². The van der Waals surface area contributed by atoms with Gasteiger partial charge < -0.3 is 11.0 Å². The molecule has 0 aliphatic heterocycles. The van der Waals surface area contributed by atoms with Crippen LogP contribution in [0.5, 0.6) is 0 Å². The predicted octanol–water partition coefficient (Wildman–Crippen LogP) is -1.89. The first-order valence-electron chi connectivity index (χ1n) is 0.333. The van der Waals surface area contributed by atoms with E-state index in [0.29, 0.717) is 0 Å². The third-order valence-electron chi connectivity index (χ3n) is 0. The van der Waals surface area contributed by atoms with Crippen LogP contribution in [0.1, 0.15) is 0 Å². The van der Waals surface area contributed by atoms with Gasteiger partial charge in [-0.3, -0.25) is 0 Å². The van der Waals surface area contributed by atoms with Gasteiger partial charge in [-0.15, -0.1) is 0 Å². The van der Waals surface area contributed by atoms with Gasteiger partial charge in [0.2, 0.25) is 0 Å². The molecule has 0 unspecified atom stereocenters. The molecule has 0 aromatic rings. The molecule has 0 spiro atoms. The summed E-state index contributed by atoms with van der Waals surface area (Å²) < 4.78 is 17.1. The van der Waals surface area contributed by atoms with Gasteiger partial charge >= 0.3 is 25.3 Å². The van der Waals surface area contributed by atoms with Gasteiger partial charge in [0.15, 0.2) is 0 Å². The van der Waals surface area contributed by atoms with Crippen LogP contribution >= 0.6 is 0 Å². The molecule has 0 saturated heterocycles. The smallest absolute Gasteiger partial charge is 0 e. The van der Waals surface area contributed by atoms with Crippen molar-refractivity contribution in [2.75, 3.05) is 0 Å². The summed E-state index contributed by atoms with van der Waals surface area (Å²) in [6.07, 6.45) is 0. The average Bonchev–Trinajstić information content (AvgIpc) is 0.918. The van der Waals surface area contributed by atoms with Gasteiger partial charge in [-0.25, -0.2) is 0 Å². The van der Waals surface area contributed by atoms with Crippen LogP contribution in [-0.4, -0.2) is 11.0 Å². The minimum absolute atomic E-state index is 0. The Bertz CT molecular complexity index is 26.5. The van der Waals surface area contributed by atoms with Crippen LogP contribution in [0.3, 0.4) is 0 Å². The van der Waals surface area contributed by atoms with Gasteiger partial charge in [-0.1, -0.05) is 0 Å². The van der Waals surface area contributed by atoms with Crippen LogP contribution in [0.15, 0.2) is 0 Å². The molecule has 0 heterocycles. The molecule has 0 bridgehead atoms. The number of hydrogen-bond acceptors (Lipinski definition) is 2. The van der Waals surface area contributed by atoms with Gasteiger partial charge in [0, 0.05) is 21.1 Å². The van der Waals surface area contributed by atoms with Crippen LogP contribution < -0.4 is 0 Å². The van der Waals surface area contributed by atoms with Gasteiger partial charge in [-0.05, 0) is 0 Å². The second-order valence-corrected chi connectivity index (χ2v) is 0.557. The molecular weight excluding hydrogens is 432 g/mol. The number of hydrogen-bond donors (Lipinski definition) is 0. The molecule has 0 atom stereocenters. The van der Waals surface area contributed by atoms with Crippen molar-refractivity contribution >= 4 is 0 Å². The average molecular weight is 436 g/mol. The molecule has 0 saturated carbocycles. The zero-order chi connectivity index (χ0) is 2.71. The van der Waals surface area contributed by atoms with Crippen molar-refractivity contribution in [2.45, 2.75) is 0 Å². The monoisotopic (exact) mass is 436 g/mol. The molecule has 0 aliphatic carbocycles. The van der Waals surface area contributed by atoms with Crippen LogP contribution in [0, 0.1) is 0 Å². The predicted molar refractivity (Wildman–Crippen MR) is 8.60 cm³/mol. The van der Waals surface area contributed by atoms with Crippen LogP contribution in [0.25, 0.3) is 0 Å². The minimum Gasteiger partial charge on any atom is 0 e. The number of rotatable bonds is 0. The third kappa shape index (κ3) is 92.5. The first kappa shape index (κ1) is 28.6. The summed E-state index contributed by atoms with van der Waals surface area (Å²) in [6.45, 7) is 0. The molecule has 40 valence electrons. The molecule has 0 amide bonds. The second-order valence-electron chi connectivity index (χ2n) is 0.0680. The molecule has 6 heteroatoms. The Kier molecular flexibility index (Phi) is 187. The summed E-state index contributed by atoms with van der Waals surface area (Å²) in [5.74, 6) is 0. The van der Waals surface area contributed by atoms with E-state index in [-0.39, 0.29) is 32.0 Å². The molecular formula is H4O4W2. The summed E-state index contributed by atoms with van der Waals surface area (Å²) in [5, 5.41) is 0. The molecule has 0 aromatic carbocycles. The zero-order valence-corrected chi connectivity index (χ0v) is 8.50. The van der Waals surface area contributed by atoms with E-state index < -0.39 is 18.5 Å². The summed E-state index contributed by atoms with van der Waals surface area (Å²) in [5.41, 5.74) is 0. The molecule has 4 N–H and O–H groups in total. The van der Waals surface area contributed by atoms with Crippen molar-refractivity contribution in [3.05, 3.63) is 0 Å². The fraction of sp³-hybridized carbons (Fsp3) is 0. The standard InChI is InChI=1S/2H2O.2O.2W/h2*1H2;;;;. The van der Waals surface area contributed by atoms with E-state index in [0.717, 1.165) is 0 Å². The van der Waals surface area contributed by atoms with Crippen LogP contribution in [0.4, 0.5) is 0 Å². The van der Waals surface area contributed by atoms with Crippen LogP contribution in [0.2, 0.25) is 0 Å². The molecule has 4 nitrogen and oxygen atoms in total. The Morgan fingerprint density at radius 1 is 1.00 bits per heavy atom. The SMILES string of the molecule is O.O.[O]=[W]=[O].[W]. The van der Waals surface area contributed by atoms with Gasteiger partial charge in [0.25, 0.3) is 0 Å². The molecule has 0 aromatic heterocycles. The van der Waals surface area contributed by atoms with E-state index in [9.17, 15) is 0 Å². The summed E-state index contributed by atoms with van der Waals surface area (Å²) in [7, 11) is 0. The summed E-state index contributed by atoms with van der Waals surface area (Å²) >= 11 is -2.25. The van der Waals surface area contributed by atoms with Crippen molar-refractivity contribution in [3.8, 4) is 0 Å². The van der Waals surface area contributed by atoms with Gasteiger partial charge in [0.05, 0.1) is 0 Å². The van der Waals surface area contributed by atoms with Crippen LogP contribution in [-0.2, 0) is 46.3 Å². The second kappa shape index (κ2) is 39.3. The Morgan fingerprint density at radius 3 is 1.00 bits per heavy atom. The fourth-order valence-corrected chi connectivity index (χ4v) is 0. The van der Waals surface area contributed by atoms with Crippen molar-refractivity contribution in [1.29, 1.82) is 0 Å². The maximum absolute atomic E-state index is 8.54. The largest absolute Gasteiger partial charge is 0 e. The van der Waals surface area contributed by atoms with E-state index in [2.05, 4.69) is 0 Å². The van der Waals surface area contributed by atoms with E-state index in [1.54, 1.807) is 0 Å². The first-order chi connectivity index (χ1) is 1.41. The van der Waals surface area contributed by atoms with Gasteiger partial charge in [-0.2, -0.15) is 0 Å². The normalized spacial score (nSPS) is 2.00. The first-order valence-corrected chi connectivity index (χ1v) is 2.73. The molecule has 0 rings (SSSR count). The Hall–Kier alpha value is 0.897. The van der Waals surface area contributed by atoms with E-state index in [1.165, 1.54) is 0 Å². The maximum Gasteiger partial charge on any atom is 0 e. The van der Waals surface area contributed by atoms with Gasteiger partial charge in [0.1, 0.15) is 0 Å². The minimum atomic E-state index is -2.25. The molecule has 0 fully saturated rings.